The maximum Gasteiger partial charge on any atom is 0.219 e. The van der Waals surface area contributed by atoms with Crippen molar-refractivity contribution in [1.29, 1.82) is 0 Å². The predicted octanol–water partition coefficient (Wildman–Crippen LogP) is 3.23. The first kappa shape index (κ1) is 10.3. The molecule has 0 aromatic rings. The first-order valence-electron chi connectivity index (χ1n) is 4.62. The normalized spacial score (nSPS) is 18.1. The van der Waals surface area contributed by atoms with Gasteiger partial charge in [-0.3, -0.25) is 0 Å². The van der Waals surface area contributed by atoms with Crippen LogP contribution in [-0.2, 0) is 4.74 Å². The smallest absolute Gasteiger partial charge is 0.219 e. The highest BCUT2D eigenvalue weighted by Crippen LogP contribution is 2.28. The molecule has 0 saturated heterocycles. The summed E-state index contributed by atoms with van der Waals surface area (Å²) < 4.78 is 5.92. The van der Waals surface area contributed by atoms with Crippen LogP contribution in [0.1, 0.15) is 32.6 Å². The van der Waals surface area contributed by atoms with E-state index in [1.165, 1.54) is 31.4 Å². The second kappa shape index (κ2) is 5.81. The first-order valence-corrected chi connectivity index (χ1v) is 6.02. The first-order chi connectivity index (χ1) is 5.83. The summed E-state index contributed by atoms with van der Waals surface area (Å²) >= 11 is 6.74. The zero-order valence-electron chi connectivity index (χ0n) is 7.54. The van der Waals surface area contributed by atoms with E-state index >= 15 is 0 Å². The molecule has 0 aliphatic heterocycles. The summed E-state index contributed by atoms with van der Waals surface area (Å²) in [6, 6.07) is 0. The van der Waals surface area contributed by atoms with Gasteiger partial charge in [-0.05, 0) is 37.9 Å². The van der Waals surface area contributed by atoms with Gasteiger partial charge in [0.15, 0.2) is 0 Å². The Bertz CT molecular complexity index is 141. The summed E-state index contributed by atoms with van der Waals surface area (Å²) in [5, 5.41) is 0. The maximum atomic E-state index is 5.20. The summed E-state index contributed by atoms with van der Waals surface area (Å²) in [6.45, 7) is 2.68. The Kier molecular flexibility index (Phi) is 5.00. The summed E-state index contributed by atoms with van der Waals surface area (Å²) in [5.74, 6) is 2.06. The number of ether oxygens (including phenoxy) is 1. The maximum absolute atomic E-state index is 5.20. The van der Waals surface area contributed by atoms with E-state index in [0.717, 1.165) is 10.3 Å². The Morgan fingerprint density at radius 2 is 2.17 bits per heavy atom. The Balaban J connectivity index is 2.03. The molecule has 1 nitrogen and oxygen atoms in total. The van der Waals surface area contributed by atoms with Gasteiger partial charge < -0.3 is 4.74 Å². The molecule has 1 aliphatic rings. The molecular weight excluding hydrogens is 188 g/mol. The number of thiocarbonyl (C=S) groups is 1. The van der Waals surface area contributed by atoms with E-state index in [9.17, 15) is 0 Å². The third-order valence-electron chi connectivity index (χ3n) is 2.17. The van der Waals surface area contributed by atoms with Crippen molar-refractivity contribution in [3.63, 3.8) is 0 Å². The van der Waals surface area contributed by atoms with Gasteiger partial charge in [0, 0.05) is 5.75 Å². The Labute approximate surface area is 84.2 Å². The fourth-order valence-electron chi connectivity index (χ4n) is 1.52. The van der Waals surface area contributed by atoms with Gasteiger partial charge in [0.1, 0.15) is 0 Å². The van der Waals surface area contributed by atoms with Crippen molar-refractivity contribution in [2.75, 3.05) is 12.4 Å². The van der Waals surface area contributed by atoms with Crippen molar-refractivity contribution in [1.82, 2.24) is 0 Å². The van der Waals surface area contributed by atoms with Gasteiger partial charge >= 0.3 is 0 Å². The highest BCUT2D eigenvalue weighted by atomic mass is 32.2. The molecule has 0 spiro atoms. The van der Waals surface area contributed by atoms with Crippen molar-refractivity contribution in [3.8, 4) is 0 Å². The Morgan fingerprint density at radius 3 is 2.75 bits per heavy atom. The van der Waals surface area contributed by atoms with Crippen LogP contribution in [0.25, 0.3) is 0 Å². The minimum absolute atomic E-state index is 0.705. The topological polar surface area (TPSA) is 9.23 Å². The summed E-state index contributed by atoms with van der Waals surface area (Å²) in [5.41, 5.74) is 0. The number of hydrogen-bond donors (Lipinski definition) is 0. The van der Waals surface area contributed by atoms with Crippen molar-refractivity contribution in [3.05, 3.63) is 0 Å². The Hall–Kier alpha value is 0.240. The molecule has 0 heterocycles. The SMILES string of the molecule is CCOC(=S)SCC1CCCC1. The molecule has 1 saturated carbocycles. The predicted molar refractivity (Wildman–Crippen MR) is 58.6 cm³/mol. The van der Waals surface area contributed by atoms with E-state index in [-0.39, 0.29) is 0 Å². The number of thioether (sulfide) groups is 1. The molecule has 0 N–H and O–H groups in total. The van der Waals surface area contributed by atoms with Crippen LogP contribution in [0.15, 0.2) is 0 Å². The lowest BCUT2D eigenvalue weighted by Gasteiger charge is -2.08. The van der Waals surface area contributed by atoms with Crippen molar-refractivity contribution < 1.29 is 4.74 Å². The van der Waals surface area contributed by atoms with Crippen LogP contribution in [0.4, 0.5) is 0 Å². The summed E-state index contributed by atoms with van der Waals surface area (Å²) in [6.07, 6.45) is 5.60. The van der Waals surface area contributed by atoms with Crippen molar-refractivity contribution in [2.45, 2.75) is 32.6 Å². The zero-order chi connectivity index (χ0) is 8.81. The third-order valence-corrected chi connectivity index (χ3v) is 3.64. The molecule has 70 valence electrons. The van der Waals surface area contributed by atoms with Gasteiger partial charge in [-0.15, -0.1) is 0 Å². The van der Waals surface area contributed by atoms with Crippen LogP contribution in [0, 0.1) is 5.92 Å². The molecule has 3 heteroatoms. The molecule has 0 bridgehead atoms. The molecule has 12 heavy (non-hydrogen) atoms. The summed E-state index contributed by atoms with van der Waals surface area (Å²) in [7, 11) is 0. The average Bonchev–Trinajstić information content (AvgIpc) is 2.53. The minimum atomic E-state index is 0.705. The van der Waals surface area contributed by atoms with Crippen LogP contribution in [0.3, 0.4) is 0 Å². The monoisotopic (exact) mass is 204 g/mol. The molecule has 0 amide bonds. The highest BCUT2D eigenvalue weighted by molar-refractivity contribution is 8.22. The van der Waals surface area contributed by atoms with Gasteiger partial charge in [0.2, 0.25) is 4.38 Å². The van der Waals surface area contributed by atoms with Crippen LogP contribution < -0.4 is 0 Å². The fraction of sp³-hybridized carbons (Fsp3) is 0.889. The van der Waals surface area contributed by atoms with Crippen LogP contribution in [-0.4, -0.2) is 16.7 Å². The van der Waals surface area contributed by atoms with Crippen LogP contribution in [0.2, 0.25) is 0 Å². The van der Waals surface area contributed by atoms with Gasteiger partial charge in [-0.25, -0.2) is 0 Å². The summed E-state index contributed by atoms with van der Waals surface area (Å²) in [4.78, 5) is 0. The molecule has 1 rings (SSSR count). The molecule has 0 radical (unpaired) electrons. The highest BCUT2D eigenvalue weighted by Gasteiger charge is 2.15. The lowest BCUT2D eigenvalue weighted by Crippen LogP contribution is -2.02. The van der Waals surface area contributed by atoms with E-state index in [1.54, 1.807) is 11.8 Å². The molecular formula is C9H16OS2. The average molecular weight is 204 g/mol. The largest absolute Gasteiger partial charge is 0.479 e. The van der Waals surface area contributed by atoms with E-state index in [0.29, 0.717) is 6.61 Å². The van der Waals surface area contributed by atoms with Gasteiger partial charge in [0.05, 0.1) is 6.61 Å². The van der Waals surface area contributed by atoms with E-state index in [4.69, 9.17) is 17.0 Å². The zero-order valence-corrected chi connectivity index (χ0v) is 9.18. The molecule has 0 aromatic heterocycles. The standard InChI is InChI=1S/C9H16OS2/c1-2-10-9(11)12-7-8-5-3-4-6-8/h8H,2-7H2,1H3. The number of hydrogen-bond acceptors (Lipinski definition) is 3. The van der Waals surface area contributed by atoms with E-state index in [1.807, 2.05) is 6.92 Å². The lowest BCUT2D eigenvalue weighted by molar-refractivity contribution is 0.346. The fourth-order valence-corrected chi connectivity index (χ4v) is 2.75. The van der Waals surface area contributed by atoms with Gasteiger partial charge in [-0.1, -0.05) is 24.6 Å². The molecule has 0 aromatic carbocycles. The van der Waals surface area contributed by atoms with Gasteiger partial charge in [0.25, 0.3) is 0 Å². The number of rotatable bonds is 3. The van der Waals surface area contributed by atoms with Crippen molar-refractivity contribution in [2.24, 2.45) is 5.92 Å². The molecule has 0 atom stereocenters. The minimum Gasteiger partial charge on any atom is -0.479 e. The van der Waals surface area contributed by atoms with Crippen LogP contribution in [0.5, 0.6) is 0 Å². The Morgan fingerprint density at radius 1 is 1.50 bits per heavy atom. The van der Waals surface area contributed by atoms with Crippen molar-refractivity contribution >= 4 is 28.4 Å². The van der Waals surface area contributed by atoms with Crippen LogP contribution >= 0.6 is 24.0 Å². The quantitative estimate of drug-likeness (QED) is 0.653. The lowest BCUT2D eigenvalue weighted by atomic mass is 10.1. The molecule has 0 unspecified atom stereocenters. The molecule has 1 fully saturated rings. The van der Waals surface area contributed by atoms with E-state index < -0.39 is 0 Å². The second-order valence-corrected chi connectivity index (χ2v) is 4.77. The third kappa shape index (κ3) is 3.76. The molecule has 1 aliphatic carbocycles. The second-order valence-electron chi connectivity index (χ2n) is 3.14. The van der Waals surface area contributed by atoms with Gasteiger partial charge in [-0.2, -0.15) is 0 Å². The van der Waals surface area contributed by atoms with E-state index in [2.05, 4.69) is 0 Å².